The van der Waals surface area contributed by atoms with Gasteiger partial charge in [-0.15, -0.1) is 0 Å². The van der Waals surface area contributed by atoms with E-state index in [-0.39, 0.29) is 29.5 Å². The van der Waals surface area contributed by atoms with Gasteiger partial charge in [-0.1, -0.05) is 13.3 Å². The summed E-state index contributed by atoms with van der Waals surface area (Å²) in [5.41, 5.74) is 5.76. The van der Waals surface area contributed by atoms with E-state index in [0.717, 1.165) is 12.5 Å². The number of rotatable bonds is 6. The van der Waals surface area contributed by atoms with E-state index in [4.69, 9.17) is 5.73 Å². The maximum absolute atomic E-state index is 13.2. The molecule has 0 aliphatic rings. The van der Waals surface area contributed by atoms with E-state index < -0.39 is 11.8 Å². The highest BCUT2D eigenvalue weighted by atomic mass is 19.1. The van der Waals surface area contributed by atoms with E-state index in [2.05, 4.69) is 10.1 Å². The molecule has 6 heteroatoms. The van der Waals surface area contributed by atoms with Gasteiger partial charge in [-0.3, -0.25) is 4.79 Å². The number of nitrogens with one attached hydrogen (secondary N) is 1. The second-order valence-corrected chi connectivity index (χ2v) is 4.44. The Kier molecular flexibility index (Phi) is 6.11. The number of ether oxygens (including phenoxy) is 1. The average Bonchev–Trinajstić information content (AvgIpc) is 2.45. The first-order chi connectivity index (χ1) is 9.51. The number of hydrogen-bond acceptors (Lipinski definition) is 4. The summed E-state index contributed by atoms with van der Waals surface area (Å²) in [4.78, 5) is 23.4. The number of benzene rings is 1. The summed E-state index contributed by atoms with van der Waals surface area (Å²) in [6, 6.07) is 3.53. The zero-order valence-corrected chi connectivity index (χ0v) is 11.6. The molecule has 1 amide bonds. The second kappa shape index (κ2) is 7.59. The molecule has 1 aromatic rings. The van der Waals surface area contributed by atoms with Gasteiger partial charge in [0.15, 0.2) is 0 Å². The van der Waals surface area contributed by atoms with Crippen molar-refractivity contribution in [3.8, 4) is 0 Å². The summed E-state index contributed by atoms with van der Waals surface area (Å²) >= 11 is 0. The topological polar surface area (TPSA) is 81.4 Å². The molecular weight excluding hydrogens is 263 g/mol. The number of amides is 1. The molecule has 0 radical (unpaired) electrons. The maximum atomic E-state index is 13.2. The van der Waals surface area contributed by atoms with Crippen molar-refractivity contribution in [3.63, 3.8) is 0 Å². The fourth-order valence-electron chi connectivity index (χ4n) is 1.76. The van der Waals surface area contributed by atoms with E-state index >= 15 is 0 Å². The van der Waals surface area contributed by atoms with Gasteiger partial charge >= 0.3 is 5.97 Å². The fourth-order valence-corrected chi connectivity index (χ4v) is 1.76. The van der Waals surface area contributed by atoms with Crippen LogP contribution in [0.3, 0.4) is 0 Å². The second-order valence-electron chi connectivity index (χ2n) is 4.44. The van der Waals surface area contributed by atoms with Gasteiger partial charge in [0.1, 0.15) is 5.82 Å². The van der Waals surface area contributed by atoms with Crippen LogP contribution in [0, 0.1) is 11.7 Å². The third kappa shape index (κ3) is 4.31. The highest BCUT2D eigenvalue weighted by molar-refractivity contribution is 6.01. The standard InChI is InChI=1S/C14H19FN2O3/c1-3-9(8-16)6-13(18)17-12-5-4-10(15)7-11(12)14(19)20-2/h4-5,7,9H,3,6,8,16H2,1-2H3,(H,17,18). The third-order valence-electron chi connectivity index (χ3n) is 3.05. The van der Waals surface area contributed by atoms with Crippen LogP contribution >= 0.6 is 0 Å². The van der Waals surface area contributed by atoms with Gasteiger partial charge in [-0.25, -0.2) is 9.18 Å². The summed E-state index contributed by atoms with van der Waals surface area (Å²) in [7, 11) is 1.19. The van der Waals surface area contributed by atoms with Crippen molar-refractivity contribution in [1.82, 2.24) is 0 Å². The molecular formula is C14H19FN2O3. The molecule has 0 heterocycles. The Morgan fingerprint density at radius 1 is 1.45 bits per heavy atom. The highest BCUT2D eigenvalue weighted by Crippen LogP contribution is 2.19. The third-order valence-corrected chi connectivity index (χ3v) is 3.05. The van der Waals surface area contributed by atoms with Gasteiger partial charge in [0, 0.05) is 6.42 Å². The van der Waals surface area contributed by atoms with Gasteiger partial charge in [-0.05, 0) is 30.7 Å². The molecule has 0 aliphatic carbocycles. The Morgan fingerprint density at radius 2 is 2.15 bits per heavy atom. The first-order valence-corrected chi connectivity index (χ1v) is 6.39. The van der Waals surface area contributed by atoms with Gasteiger partial charge in [-0.2, -0.15) is 0 Å². The number of carbonyl (C=O) groups is 2. The summed E-state index contributed by atoms with van der Waals surface area (Å²) in [6.07, 6.45) is 1.04. The molecule has 0 saturated carbocycles. The van der Waals surface area contributed by atoms with Crippen LogP contribution in [-0.4, -0.2) is 25.5 Å². The minimum atomic E-state index is -0.703. The molecule has 1 aromatic carbocycles. The minimum absolute atomic E-state index is 0.0124. The fraction of sp³-hybridized carbons (Fsp3) is 0.429. The van der Waals surface area contributed by atoms with Crippen LogP contribution < -0.4 is 11.1 Å². The van der Waals surface area contributed by atoms with E-state index in [1.54, 1.807) is 0 Å². The SMILES string of the molecule is CCC(CN)CC(=O)Nc1ccc(F)cc1C(=O)OC. The molecule has 3 N–H and O–H groups in total. The lowest BCUT2D eigenvalue weighted by Crippen LogP contribution is -2.22. The first-order valence-electron chi connectivity index (χ1n) is 6.39. The van der Waals surface area contributed by atoms with Crippen molar-refractivity contribution in [2.45, 2.75) is 19.8 Å². The predicted octanol–water partition coefficient (Wildman–Crippen LogP) is 1.93. The molecule has 0 bridgehead atoms. The molecule has 0 saturated heterocycles. The number of methoxy groups -OCH3 is 1. The Hall–Kier alpha value is -1.95. The molecule has 0 aliphatic heterocycles. The number of carbonyl (C=O) groups excluding carboxylic acids is 2. The molecule has 0 spiro atoms. The van der Waals surface area contributed by atoms with Crippen molar-refractivity contribution in [2.24, 2.45) is 11.7 Å². The Balaban J connectivity index is 2.86. The molecule has 1 rings (SSSR count). The molecule has 0 fully saturated rings. The zero-order chi connectivity index (χ0) is 15.1. The quantitative estimate of drug-likeness (QED) is 0.781. The number of hydrogen-bond donors (Lipinski definition) is 2. The van der Waals surface area contributed by atoms with Gasteiger partial charge < -0.3 is 15.8 Å². The number of halogens is 1. The lowest BCUT2D eigenvalue weighted by Gasteiger charge is -2.13. The molecule has 1 atom stereocenters. The average molecular weight is 282 g/mol. The van der Waals surface area contributed by atoms with Crippen molar-refractivity contribution < 1.29 is 18.7 Å². The van der Waals surface area contributed by atoms with Crippen molar-refractivity contribution in [1.29, 1.82) is 0 Å². The van der Waals surface area contributed by atoms with Crippen LogP contribution in [0.1, 0.15) is 30.1 Å². The van der Waals surface area contributed by atoms with E-state index in [9.17, 15) is 14.0 Å². The summed E-state index contributed by atoms with van der Waals surface area (Å²) < 4.78 is 17.7. The summed E-state index contributed by atoms with van der Waals surface area (Å²) in [5, 5.41) is 2.59. The van der Waals surface area contributed by atoms with E-state index in [1.165, 1.54) is 19.2 Å². The molecule has 110 valence electrons. The molecule has 5 nitrogen and oxygen atoms in total. The molecule has 0 aromatic heterocycles. The Morgan fingerprint density at radius 3 is 2.70 bits per heavy atom. The number of esters is 1. The van der Waals surface area contributed by atoms with Gasteiger partial charge in [0.25, 0.3) is 0 Å². The Bertz CT molecular complexity index is 487. The van der Waals surface area contributed by atoms with Crippen molar-refractivity contribution >= 4 is 17.6 Å². The van der Waals surface area contributed by atoms with Crippen LogP contribution in [0.15, 0.2) is 18.2 Å². The number of anilines is 1. The first kappa shape index (κ1) is 16.1. The van der Waals surface area contributed by atoms with Crippen LogP contribution in [0.2, 0.25) is 0 Å². The van der Waals surface area contributed by atoms with E-state index in [1.807, 2.05) is 6.92 Å². The summed E-state index contributed by atoms with van der Waals surface area (Å²) in [5.74, 6) is -1.46. The van der Waals surface area contributed by atoms with Crippen LogP contribution in [0.5, 0.6) is 0 Å². The zero-order valence-electron chi connectivity index (χ0n) is 11.6. The van der Waals surface area contributed by atoms with Crippen molar-refractivity contribution in [3.05, 3.63) is 29.6 Å². The van der Waals surface area contributed by atoms with Crippen LogP contribution in [0.4, 0.5) is 10.1 Å². The van der Waals surface area contributed by atoms with Crippen molar-refractivity contribution in [2.75, 3.05) is 19.0 Å². The largest absolute Gasteiger partial charge is 0.465 e. The number of nitrogens with two attached hydrogens (primary N) is 1. The van der Waals surface area contributed by atoms with Crippen LogP contribution in [0.25, 0.3) is 0 Å². The summed E-state index contributed by atoms with van der Waals surface area (Å²) in [6.45, 7) is 2.36. The lowest BCUT2D eigenvalue weighted by atomic mass is 10.0. The molecule has 20 heavy (non-hydrogen) atoms. The highest BCUT2D eigenvalue weighted by Gasteiger charge is 2.16. The lowest BCUT2D eigenvalue weighted by molar-refractivity contribution is -0.117. The molecule has 1 unspecified atom stereocenters. The van der Waals surface area contributed by atoms with Gasteiger partial charge in [0.05, 0.1) is 18.4 Å². The van der Waals surface area contributed by atoms with Gasteiger partial charge in [0.2, 0.25) is 5.91 Å². The Labute approximate surface area is 117 Å². The maximum Gasteiger partial charge on any atom is 0.340 e. The normalized spacial score (nSPS) is 11.8. The minimum Gasteiger partial charge on any atom is -0.465 e. The monoisotopic (exact) mass is 282 g/mol. The predicted molar refractivity (Wildman–Crippen MR) is 73.8 cm³/mol. The van der Waals surface area contributed by atoms with E-state index in [0.29, 0.717) is 6.54 Å². The smallest absolute Gasteiger partial charge is 0.340 e. The van der Waals surface area contributed by atoms with Crippen LogP contribution in [-0.2, 0) is 9.53 Å².